The van der Waals surface area contributed by atoms with E-state index in [1.54, 1.807) is 30.3 Å². The van der Waals surface area contributed by atoms with Gasteiger partial charge < -0.3 is 9.64 Å². The van der Waals surface area contributed by atoms with Gasteiger partial charge in [0.05, 0.1) is 15.8 Å². The third kappa shape index (κ3) is 9.50. The highest BCUT2D eigenvalue weighted by atomic mass is 35.5. The molecular weight excluding hydrogens is 457 g/mol. The van der Waals surface area contributed by atoms with Gasteiger partial charge in [-0.1, -0.05) is 48.7 Å². The predicted octanol–water partition coefficient (Wildman–Crippen LogP) is 5.57. The minimum Gasteiger partial charge on any atom is -0.486 e. The standard InChI is InChI=1S/C23H29Cl2NO4S/c1-3-4-13-26(19-9-12-22(24)23(25)15-19)14-5-6-20(27)16-30-21-10-7-18(8-11-21)17-31(2,28)29/h7-12,15H,3-6,13-14,16-17H2,1-2H3. The highest BCUT2D eigenvalue weighted by molar-refractivity contribution is 7.89. The van der Waals surface area contributed by atoms with Crippen LogP contribution < -0.4 is 9.64 Å². The number of halogens is 2. The first-order chi connectivity index (χ1) is 14.7. The van der Waals surface area contributed by atoms with Gasteiger partial charge >= 0.3 is 0 Å². The zero-order valence-electron chi connectivity index (χ0n) is 17.9. The lowest BCUT2D eigenvalue weighted by atomic mass is 10.2. The molecule has 2 aromatic rings. The Morgan fingerprint density at radius 2 is 1.68 bits per heavy atom. The summed E-state index contributed by atoms with van der Waals surface area (Å²) in [6.45, 7) is 3.76. The molecule has 0 aromatic heterocycles. The van der Waals surface area contributed by atoms with E-state index in [0.29, 0.717) is 34.2 Å². The second-order valence-corrected chi connectivity index (χ2v) is 10.5. The number of benzene rings is 2. The van der Waals surface area contributed by atoms with Crippen molar-refractivity contribution in [2.75, 3.05) is 30.9 Å². The van der Waals surface area contributed by atoms with Crippen LogP contribution in [0.25, 0.3) is 0 Å². The lowest BCUT2D eigenvalue weighted by Crippen LogP contribution is -2.26. The summed E-state index contributed by atoms with van der Waals surface area (Å²) in [4.78, 5) is 14.5. The topological polar surface area (TPSA) is 63.7 Å². The minimum atomic E-state index is -3.08. The predicted molar refractivity (Wildman–Crippen MR) is 128 cm³/mol. The highest BCUT2D eigenvalue weighted by Crippen LogP contribution is 2.27. The number of anilines is 1. The van der Waals surface area contributed by atoms with Crippen molar-refractivity contribution in [3.8, 4) is 5.75 Å². The van der Waals surface area contributed by atoms with Gasteiger partial charge in [0, 0.05) is 31.5 Å². The second kappa shape index (κ2) is 12.3. The quantitative estimate of drug-likeness (QED) is 0.370. The van der Waals surface area contributed by atoms with Crippen LogP contribution in [0.1, 0.15) is 38.2 Å². The summed E-state index contributed by atoms with van der Waals surface area (Å²) in [5, 5.41) is 1.05. The van der Waals surface area contributed by atoms with Crippen molar-refractivity contribution in [1.82, 2.24) is 0 Å². The van der Waals surface area contributed by atoms with E-state index >= 15 is 0 Å². The molecule has 5 nitrogen and oxygen atoms in total. The Morgan fingerprint density at radius 1 is 1.00 bits per heavy atom. The summed E-state index contributed by atoms with van der Waals surface area (Å²) in [7, 11) is -3.08. The lowest BCUT2D eigenvalue weighted by molar-refractivity contribution is -0.121. The lowest BCUT2D eigenvalue weighted by Gasteiger charge is -2.25. The Balaban J connectivity index is 1.81. The molecule has 0 aliphatic rings. The molecule has 31 heavy (non-hydrogen) atoms. The van der Waals surface area contributed by atoms with Gasteiger partial charge in [0.1, 0.15) is 12.4 Å². The van der Waals surface area contributed by atoms with Crippen LogP contribution in [0, 0.1) is 0 Å². The van der Waals surface area contributed by atoms with Gasteiger partial charge in [-0.15, -0.1) is 0 Å². The molecule has 0 N–H and O–H groups in total. The molecule has 0 atom stereocenters. The number of sulfone groups is 1. The fraction of sp³-hybridized carbons (Fsp3) is 0.435. The first-order valence-electron chi connectivity index (χ1n) is 10.3. The van der Waals surface area contributed by atoms with Gasteiger partial charge in [-0.25, -0.2) is 8.42 Å². The van der Waals surface area contributed by atoms with Crippen LogP contribution in [-0.2, 0) is 20.4 Å². The number of hydrogen-bond acceptors (Lipinski definition) is 5. The fourth-order valence-corrected chi connectivity index (χ4v) is 4.18. The number of ether oxygens (including phenoxy) is 1. The molecule has 0 saturated heterocycles. The molecule has 170 valence electrons. The summed E-state index contributed by atoms with van der Waals surface area (Å²) in [5.41, 5.74) is 1.69. The van der Waals surface area contributed by atoms with Crippen LogP contribution in [0.5, 0.6) is 5.75 Å². The largest absolute Gasteiger partial charge is 0.486 e. The average Bonchev–Trinajstić information content (AvgIpc) is 2.71. The van der Waals surface area contributed by atoms with Crippen molar-refractivity contribution < 1.29 is 17.9 Å². The van der Waals surface area contributed by atoms with E-state index < -0.39 is 9.84 Å². The van der Waals surface area contributed by atoms with E-state index in [-0.39, 0.29) is 18.1 Å². The Bertz CT molecular complexity index is 962. The fourth-order valence-electron chi connectivity index (χ4n) is 3.09. The van der Waals surface area contributed by atoms with Gasteiger partial charge in [0.25, 0.3) is 0 Å². The monoisotopic (exact) mass is 485 g/mol. The number of carbonyl (C=O) groups is 1. The SMILES string of the molecule is CCCCN(CCCC(=O)COc1ccc(CS(C)(=O)=O)cc1)c1ccc(Cl)c(Cl)c1. The van der Waals surface area contributed by atoms with E-state index in [9.17, 15) is 13.2 Å². The van der Waals surface area contributed by atoms with Crippen LogP contribution in [0.2, 0.25) is 10.0 Å². The summed E-state index contributed by atoms with van der Waals surface area (Å²) < 4.78 is 28.2. The molecule has 0 unspecified atom stereocenters. The van der Waals surface area contributed by atoms with Gasteiger partial charge in [0.2, 0.25) is 0 Å². The first kappa shape index (κ1) is 25.5. The first-order valence-corrected chi connectivity index (χ1v) is 13.1. The molecule has 0 bridgehead atoms. The van der Waals surface area contributed by atoms with Crippen molar-refractivity contribution in [3.63, 3.8) is 0 Å². The van der Waals surface area contributed by atoms with Crippen LogP contribution in [0.4, 0.5) is 5.69 Å². The molecule has 0 spiro atoms. The van der Waals surface area contributed by atoms with E-state index in [1.807, 2.05) is 12.1 Å². The number of Topliss-reactive ketones (excluding diaryl/α,β-unsaturated/α-hetero) is 1. The molecular formula is C23H29Cl2NO4S. The molecule has 0 amide bonds. The zero-order valence-corrected chi connectivity index (χ0v) is 20.3. The maximum absolute atomic E-state index is 12.2. The molecule has 2 rings (SSSR count). The normalized spacial score (nSPS) is 11.4. The molecule has 0 heterocycles. The highest BCUT2D eigenvalue weighted by Gasteiger charge is 2.11. The molecule has 0 aliphatic heterocycles. The molecule has 0 radical (unpaired) electrons. The minimum absolute atomic E-state index is 0.00679. The molecule has 2 aromatic carbocycles. The summed E-state index contributed by atoms with van der Waals surface area (Å²) >= 11 is 12.2. The van der Waals surface area contributed by atoms with Gasteiger partial charge in [-0.2, -0.15) is 0 Å². The second-order valence-electron chi connectivity index (χ2n) is 7.58. The van der Waals surface area contributed by atoms with Crippen molar-refractivity contribution in [1.29, 1.82) is 0 Å². The maximum Gasteiger partial charge on any atom is 0.170 e. The van der Waals surface area contributed by atoms with Crippen molar-refractivity contribution in [2.45, 2.75) is 38.4 Å². The number of carbonyl (C=O) groups excluding carboxylic acids is 1. The van der Waals surface area contributed by atoms with Crippen LogP contribution in [0.3, 0.4) is 0 Å². The number of hydrogen-bond donors (Lipinski definition) is 0. The molecule has 0 saturated carbocycles. The van der Waals surface area contributed by atoms with Crippen LogP contribution in [-0.4, -0.2) is 40.2 Å². The average molecular weight is 486 g/mol. The Kier molecular flexibility index (Phi) is 10.1. The number of unbranched alkanes of at least 4 members (excludes halogenated alkanes) is 1. The van der Waals surface area contributed by atoms with E-state index in [1.165, 1.54) is 6.26 Å². The van der Waals surface area contributed by atoms with Gasteiger partial charge in [-0.05, 0) is 48.7 Å². The van der Waals surface area contributed by atoms with Crippen molar-refractivity contribution >= 4 is 44.5 Å². The summed E-state index contributed by atoms with van der Waals surface area (Å²) in [5.74, 6) is 0.551. The Morgan fingerprint density at radius 3 is 2.29 bits per heavy atom. The van der Waals surface area contributed by atoms with Crippen molar-refractivity contribution in [2.24, 2.45) is 0 Å². The third-order valence-corrected chi connectivity index (χ3v) is 6.28. The van der Waals surface area contributed by atoms with Gasteiger partial charge in [0.15, 0.2) is 15.6 Å². The molecule has 8 heteroatoms. The smallest absolute Gasteiger partial charge is 0.170 e. The molecule has 0 fully saturated rings. The number of nitrogens with zero attached hydrogens (tertiary/aromatic N) is 1. The maximum atomic E-state index is 12.2. The molecule has 0 aliphatic carbocycles. The Hall–Kier alpha value is -1.76. The van der Waals surface area contributed by atoms with Crippen LogP contribution in [0.15, 0.2) is 42.5 Å². The van der Waals surface area contributed by atoms with E-state index in [2.05, 4.69) is 11.8 Å². The zero-order chi connectivity index (χ0) is 22.9. The Labute approximate surface area is 195 Å². The van der Waals surface area contributed by atoms with Gasteiger partial charge in [-0.3, -0.25) is 4.79 Å². The van der Waals surface area contributed by atoms with E-state index in [4.69, 9.17) is 27.9 Å². The number of rotatable bonds is 13. The van der Waals surface area contributed by atoms with E-state index in [0.717, 1.165) is 31.6 Å². The summed E-state index contributed by atoms with van der Waals surface area (Å²) in [6.07, 6.45) is 4.44. The number of ketones is 1. The third-order valence-electron chi connectivity index (χ3n) is 4.69. The van der Waals surface area contributed by atoms with Crippen molar-refractivity contribution in [3.05, 3.63) is 58.1 Å². The van der Waals surface area contributed by atoms with Crippen LogP contribution >= 0.6 is 23.2 Å². The summed E-state index contributed by atoms with van der Waals surface area (Å²) in [6, 6.07) is 12.4.